The van der Waals surface area contributed by atoms with Gasteiger partial charge in [-0.25, -0.2) is 4.39 Å². The maximum Gasteiger partial charge on any atom is 0.123 e. The Balaban J connectivity index is 1.84. The van der Waals surface area contributed by atoms with Gasteiger partial charge in [0.15, 0.2) is 0 Å². The van der Waals surface area contributed by atoms with Gasteiger partial charge in [-0.3, -0.25) is 0 Å². The van der Waals surface area contributed by atoms with Gasteiger partial charge in [-0.2, -0.15) is 0 Å². The smallest absolute Gasteiger partial charge is 0.123 e. The molecular weight excluding hydrogens is 203 g/mol. The van der Waals surface area contributed by atoms with Crippen LogP contribution < -0.4 is 5.32 Å². The molecule has 0 bridgehead atoms. The topological polar surface area (TPSA) is 17.0 Å². The summed E-state index contributed by atoms with van der Waals surface area (Å²) in [7, 11) is 2.00. The van der Waals surface area contributed by atoms with Gasteiger partial charge < -0.3 is 9.88 Å². The van der Waals surface area contributed by atoms with Gasteiger partial charge in [0.2, 0.25) is 0 Å². The number of nitrogens with one attached hydrogen (secondary N) is 1. The van der Waals surface area contributed by atoms with E-state index in [1.54, 1.807) is 12.1 Å². The highest BCUT2D eigenvalue weighted by Gasteiger charge is 1.96. The molecule has 0 atom stereocenters. The van der Waals surface area contributed by atoms with Crippen LogP contribution in [0.1, 0.15) is 11.1 Å². The van der Waals surface area contributed by atoms with Gasteiger partial charge in [0.1, 0.15) is 5.82 Å². The lowest BCUT2D eigenvalue weighted by Crippen LogP contribution is -2.12. The summed E-state index contributed by atoms with van der Waals surface area (Å²) in [6.45, 7) is 1.49. The third-order valence-electron chi connectivity index (χ3n) is 2.44. The molecule has 0 aliphatic heterocycles. The lowest BCUT2D eigenvalue weighted by molar-refractivity contribution is 0.620. The Hall–Kier alpha value is -1.61. The molecule has 2 aromatic rings. The fourth-order valence-corrected chi connectivity index (χ4v) is 1.66. The maximum atomic E-state index is 12.9. The number of rotatable bonds is 4. The largest absolute Gasteiger partial charge is 0.357 e. The van der Waals surface area contributed by atoms with E-state index in [-0.39, 0.29) is 5.82 Å². The quantitative estimate of drug-likeness (QED) is 0.834. The van der Waals surface area contributed by atoms with Crippen molar-refractivity contribution in [3.05, 3.63) is 59.7 Å². The second-order valence-corrected chi connectivity index (χ2v) is 3.92. The van der Waals surface area contributed by atoms with E-state index in [0.717, 1.165) is 12.1 Å². The van der Waals surface area contributed by atoms with E-state index in [9.17, 15) is 4.39 Å². The first-order valence-electron chi connectivity index (χ1n) is 5.30. The van der Waals surface area contributed by atoms with Crippen LogP contribution in [0.25, 0.3) is 0 Å². The molecule has 0 aliphatic carbocycles. The molecule has 16 heavy (non-hydrogen) atoms. The van der Waals surface area contributed by atoms with Crippen molar-refractivity contribution in [1.29, 1.82) is 0 Å². The molecule has 0 fully saturated rings. The van der Waals surface area contributed by atoms with Crippen molar-refractivity contribution in [2.45, 2.75) is 13.1 Å². The summed E-state index contributed by atoms with van der Waals surface area (Å²) < 4.78 is 14.9. The lowest BCUT2D eigenvalue weighted by atomic mass is 10.2. The van der Waals surface area contributed by atoms with E-state index < -0.39 is 0 Å². The third-order valence-corrected chi connectivity index (χ3v) is 2.44. The van der Waals surface area contributed by atoms with E-state index in [2.05, 4.69) is 17.6 Å². The van der Waals surface area contributed by atoms with Crippen molar-refractivity contribution in [2.75, 3.05) is 0 Å². The molecule has 84 valence electrons. The summed E-state index contributed by atoms with van der Waals surface area (Å²) >= 11 is 0. The zero-order valence-corrected chi connectivity index (χ0v) is 9.28. The van der Waals surface area contributed by atoms with Crippen molar-refractivity contribution >= 4 is 0 Å². The van der Waals surface area contributed by atoms with Gasteiger partial charge in [-0.05, 0) is 29.3 Å². The number of benzene rings is 1. The number of halogens is 1. The molecule has 0 saturated carbocycles. The highest BCUT2D eigenvalue weighted by Crippen LogP contribution is 2.04. The average Bonchev–Trinajstić information content (AvgIpc) is 2.64. The number of hydrogen-bond acceptors (Lipinski definition) is 1. The average molecular weight is 218 g/mol. The molecule has 1 aromatic carbocycles. The molecule has 0 amide bonds. The Bertz CT molecular complexity index is 462. The number of aryl methyl sites for hydroxylation is 1. The first kappa shape index (κ1) is 10.9. The first-order valence-corrected chi connectivity index (χ1v) is 5.30. The van der Waals surface area contributed by atoms with Gasteiger partial charge in [0, 0.05) is 32.5 Å². The van der Waals surface area contributed by atoms with Crippen LogP contribution in [-0.2, 0) is 20.1 Å². The Morgan fingerprint density at radius 2 is 2.00 bits per heavy atom. The molecule has 0 saturated heterocycles. The van der Waals surface area contributed by atoms with Gasteiger partial charge >= 0.3 is 0 Å². The fraction of sp³-hybridized carbons (Fsp3) is 0.231. The van der Waals surface area contributed by atoms with Gasteiger partial charge in [-0.15, -0.1) is 0 Å². The molecule has 1 N–H and O–H groups in total. The minimum Gasteiger partial charge on any atom is -0.357 e. The van der Waals surface area contributed by atoms with Crippen LogP contribution in [0, 0.1) is 5.82 Å². The second kappa shape index (κ2) is 4.94. The van der Waals surface area contributed by atoms with Gasteiger partial charge in [0.25, 0.3) is 0 Å². The van der Waals surface area contributed by atoms with Crippen LogP contribution in [0.4, 0.5) is 4.39 Å². The predicted octanol–water partition coefficient (Wildman–Crippen LogP) is 2.45. The monoisotopic (exact) mass is 218 g/mol. The number of nitrogens with zero attached hydrogens (tertiary/aromatic N) is 1. The molecule has 0 radical (unpaired) electrons. The highest BCUT2D eigenvalue weighted by atomic mass is 19.1. The molecule has 0 spiro atoms. The SMILES string of the molecule is Cn1ccc(CNCc2cccc(F)c2)c1. The van der Waals surface area contributed by atoms with Gasteiger partial charge in [0.05, 0.1) is 0 Å². The van der Waals surface area contributed by atoms with Gasteiger partial charge in [-0.1, -0.05) is 12.1 Å². The summed E-state index contributed by atoms with van der Waals surface area (Å²) in [6, 6.07) is 8.73. The third kappa shape index (κ3) is 2.94. The van der Waals surface area contributed by atoms with Crippen molar-refractivity contribution < 1.29 is 4.39 Å². The van der Waals surface area contributed by atoms with E-state index >= 15 is 0 Å². The maximum absolute atomic E-state index is 12.9. The summed E-state index contributed by atoms with van der Waals surface area (Å²) in [5.74, 6) is -0.181. The van der Waals surface area contributed by atoms with E-state index in [4.69, 9.17) is 0 Å². The Morgan fingerprint density at radius 3 is 2.69 bits per heavy atom. The molecule has 2 nitrogen and oxygen atoms in total. The molecule has 0 unspecified atom stereocenters. The molecule has 3 heteroatoms. The van der Waals surface area contributed by atoms with Crippen LogP contribution in [0.15, 0.2) is 42.7 Å². The molecule has 0 aliphatic rings. The zero-order valence-electron chi connectivity index (χ0n) is 9.28. The van der Waals surface area contributed by atoms with E-state index in [0.29, 0.717) is 6.54 Å². The van der Waals surface area contributed by atoms with Crippen molar-refractivity contribution in [3.8, 4) is 0 Å². The molecule has 1 heterocycles. The summed E-state index contributed by atoms with van der Waals surface area (Å²) in [6.07, 6.45) is 4.08. The molecule has 2 rings (SSSR count). The van der Waals surface area contributed by atoms with Crippen LogP contribution in [0.2, 0.25) is 0 Å². The van der Waals surface area contributed by atoms with E-state index in [1.807, 2.05) is 23.9 Å². The highest BCUT2D eigenvalue weighted by molar-refractivity contribution is 5.16. The minimum atomic E-state index is -0.181. The zero-order chi connectivity index (χ0) is 11.4. The van der Waals surface area contributed by atoms with E-state index in [1.165, 1.54) is 11.6 Å². The summed E-state index contributed by atoms with van der Waals surface area (Å²) in [4.78, 5) is 0. The van der Waals surface area contributed by atoms with Crippen LogP contribution in [0.3, 0.4) is 0 Å². The molecule has 1 aromatic heterocycles. The standard InChI is InChI=1S/C13H15FN2/c1-16-6-5-12(10-16)9-15-8-11-3-2-4-13(14)7-11/h2-7,10,15H,8-9H2,1H3. The van der Waals surface area contributed by atoms with Crippen LogP contribution in [-0.4, -0.2) is 4.57 Å². The normalized spacial score (nSPS) is 10.6. The second-order valence-electron chi connectivity index (χ2n) is 3.92. The Morgan fingerprint density at radius 1 is 1.19 bits per heavy atom. The Kier molecular flexibility index (Phi) is 3.37. The van der Waals surface area contributed by atoms with Crippen molar-refractivity contribution in [2.24, 2.45) is 7.05 Å². The number of hydrogen-bond donors (Lipinski definition) is 1. The minimum absolute atomic E-state index is 0.181. The van der Waals surface area contributed by atoms with Crippen molar-refractivity contribution in [1.82, 2.24) is 9.88 Å². The molecular formula is C13H15FN2. The first-order chi connectivity index (χ1) is 7.74. The fourth-order valence-electron chi connectivity index (χ4n) is 1.66. The Labute approximate surface area is 94.7 Å². The summed E-state index contributed by atoms with van der Waals surface area (Å²) in [5, 5.41) is 3.28. The number of aromatic nitrogens is 1. The van der Waals surface area contributed by atoms with Crippen LogP contribution in [0.5, 0.6) is 0 Å². The van der Waals surface area contributed by atoms with Crippen molar-refractivity contribution in [3.63, 3.8) is 0 Å². The predicted molar refractivity (Wildman–Crippen MR) is 62.4 cm³/mol. The lowest BCUT2D eigenvalue weighted by Gasteiger charge is -2.03. The summed E-state index contributed by atoms with van der Waals surface area (Å²) in [5.41, 5.74) is 2.20. The van der Waals surface area contributed by atoms with Crippen LogP contribution >= 0.6 is 0 Å².